The van der Waals surface area contributed by atoms with Gasteiger partial charge in [-0.25, -0.2) is 14.8 Å². The normalized spacial score (nSPS) is 12.9. The molecular weight excluding hydrogens is 332 g/mol. The highest BCUT2D eigenvalue weighted by Gasteiger charge is 2.22. The van der Waals surface area contributed by atoms with Crippen LogP contribution in [0.3, 0.4) is 0 Å². The Bertz CT molecular complexity index is 761. The van der Waals surface area contributed by atoms with Crippen molar-refractivity contribution in [1.82, 2.24) is 20.6 Å². The Morgan fingerprint density at radius 2 is 2.21 bits per heavy atom. The maximum absolute atomic E-state index is 11.8. The third kappa shape index (κ3) is 3.62. The van der Waals surface area contributed by atoms with Gasteiger partial charge in [0.15, 0.2) is 6.61 Å². The molecule has 8 nitrogen and oxygen atoms in total. The molecule has 0 spiro atoms. The lowest BCUT2D eigenvalue weighted by atomic mass is 10.2. The number of thiophene rings is 1. The van der Waals surface area contributed by atoms with Gasteiger partial charge in [-0.1, -0.05) is 0 Å². The zero-order valence-electron chi connectivity index (χ0n) is 13.3. The molecule has 128 valence electrons. The van der Waals surface area contributed by atoms with E-state index in [9.17, 15) is 9.59 Å². The fourth-order valence-electron chi connectivity index (χ4n) is 2.62. The van der Waals surface area contributed by atoms with Gasteiger partial charge in [0.2, 0.25) is 5.88 Å². The number of imide groups is 1. The minimum absolute atomic E-state index is 0.283. The van der Waals surface area contributed by atoms with Crippen LogP contribution in [0.15, 0.2) is 6.33 Å². The highest BCUT2D eigenvalue weighted by molar-refractivity contribution is 7.18. The SMILES string of the molecule is COCCNC(=O)NC(=O)COc1ncnc2sc3c(c12)CCC3. The summed E-state index contributed by atoms with van der Waals surface area (Å²) in [5.41, 5.74) is 1.23. The van der Waals surface area contributed by atoms with Crippen LogP contribution in [0.5, 0.6) is 5.88 Å². The number of hydrogen-bond acceptors (Lipinski definition) is 7. The first kappa shape index (κ1) is 16.6. The zero-order valence-corrected chi connectivity index (χ0v) is 14.1. The lowest BCUT2D eigenvalue weighted by Gasteiger charge is -2.08. The predicted octanol–water partition coefficient (Wildman–Crippen LogP) is 1.03. The molecule has 0 fully saturated rings. The van der Waals surface area contributed by atoms with E-state index in [1.54, 1.807) is 11.3 Å². The molecule has 2 aromatic heterocycles. The van der Waals surface area contributed by atoms with Crippen LogP contribution in [0, 0.1) is 0 Å². The summed E-state index contributed by atoms with van der Waals surface area (Å²) < 4.78 is 10.3. The number of carbonyl (C=O) groups is 2. The molecule has 0 radical (unpaired) electrons. The van der Waals surface area contributed by atoms with Gasteiger partial charge in [0.1, 0.15) is 11.2 Å². The first-order valence-electron chi connectivity index (χ1n) is 7.63. The van der Waals surface area contributed by atoms with Crippen LogP contribution in [0.2, 0.25) is 0 Å². The monoisotopic (exact) mass is 350 g/mol. The molecule has 0 aromatic carbocycles. The molecule has 0 bridgehead atoms. The number of aryl methyl sites for hydroxylation is 2. The van der Waals surface area contributed by atoms with Crippen molar-refractivity contribution in [3.8, 4) is 5.88 Å². The van der Waals surface area contributed by atoms with Crippen molar-refractivity contribution < 1.29 is 19.1 Å². The van der Waals surface area contributed by atoms with Gasteiger partial charge in [-0.05, 0) is 24.8 Å². The van der Waals surface area contributed by atoms with Gasteiger partial charge < -0.3 is 14.8 Å². The van der Waals surface area contributed by atoms with Crippen molar-refractivity contribution in [2.24, 2.45) is 0 Å². The Balaban J connectivity index is 1.60. The van der Waals surface area contributed by atoms with Crippen LogP contribution in [0.4, 0.5) is 4.79 Å². The summed E-state index contributed by atoms with van der Waals surface area (Å²) in [5.74, 6) is -0.141. The average Bonchev–Trinajstić information content (AvgIpc) is 3.13. The van der Waals surface area contributed by atoms with E-state index < -0.39 is 11.9 Å². The summed E-state index contributed by atoms with van der Waals surface area (Å²) in [7, 11) is 1.53. The lowest BCUT2D eigenvalue weighted by molar-refractivity contribution is -0.122. The lowest BCUT2D eigenvalue weighted by Crippen LogP contribution is -2.42. The van der Waals surface area contributed by atoms with Crippen LogP contribution in [-0.2, 0) is 22.4 Å². The number of rotatable bonds is 6. The summed E-state index contributed by atoms with van der Waals surface area (Å²) in [4.78, 5) is 33.9. The number of aromatic nitrogens is 2. The fraction of sp³-hybridized carbons (Fsp3) is 0.467. The second-order valence-corrected chi connectivity index (χ2v) is 6.39. The smallest absolute Gasteiger partial charge is 0.321 e. The Hall–Kier alpha value is -2.26. The summed E-state index contributed by atoms with van der Waals surface area (Å²) in [6.45, 7) is 0.415. The maximum Gasteiger partial charge on any atom is 0.321 e. The largest absolute Gasteiger partial charge is 0.467 e. The number of fused-ring (bicyclic) bond motifs is 3. The molecule has 24 heavy (non-hydrogen) atoms. The van der Waals surface area contributed by atoms with Crippen LogP contribution in [-0.4, -0.2) is 48.8 Å². The van der Waals surface area contributed by atoms with E-state index >= 15 is 0 Å². The quantitative estimate of drug-likeness (QED) is 0.755. The van der Waals surface area contributed by atoms with Crippen molar-refractivity contribution in [2.75, 3.05) is 26.9 Å². The standard InChI is InChI=1S/C15H18N4O4S/c1-22-6-5-16-15(21)19-11(20)7-23-13-12-9-3-2-4-10(9)24-14(12)18-8-17-13/h8H,2-7H2,1H3,(H2,16,19,20,21). The Labute approximate surface area is 142 Å². The number of carbonyl (C=O) groups excluding carboxylic acids is 2. The van der Waals surface area contributed by atoms with E-state index in [2.05, 4.69) is 20.6 Å². The van der Waals surface area contributed by atoms with Crippen LogP contribution < -0.4 is 15.4 Å². The van der Waals surface area contributed by atoms with Gasteiger partial charge in [-0.2, -0.15) is 0 Å². The molecule has 3 amide bonds. The second kappa shape index (κ2) is 7.54. The highest BCUT2D eigenvalue weighted by atomic mass is 32.1. The first-order valence-corrected chi connectivity index (χ1v) is 8.45. The molecule has 2 aromatic rings. The van der Waals surface area contributed by atoms with Gasteiger partial charge in [-0.3, -0.25) is 10.1 Å². The molecule has 0 saturated carbocycles. The van der Waals surface area contributed by atoms with Gasteiger partial charge >= 0.3 is 6.03 Å². The first-order chi connectivity index (χ1) is 11.7. The average molecular weight is 350 g/mol. The number of urea groups is 1. The number of amides is 3. The Kier molecular flexibility index (Phi) is 5.21. The molecule has 1 aliphatic carbocycles. The summed E-state index contributed by atoms with van der Waals surface area (Å²) in [6, 6.07) is -0.579. The number of nitrogens with one attached hydrogen (secondary N) is 2. The van der Waals surface area contributed by atoms with Crippen molar-refractivity contribution in [3.63, 3.8) is 0 Å². The van der Waals surface area contributed by atoms with E-state index in [4.69, 9.17) is 9.47 Å². The molecule has 0 atom stereocenters. The number of nitrogens with zero attached hydrogens (tertiary/aromatic N) is 2. The summed E-state index contributed by atoms with van der Waals surface area (Å²) in [6.07, 6.45) is 4.58. The van der Waals surface area contributed by atoms with Gasteiger partial charge in [0.25, 0.3) is 5.91 Å². The van der Waals surface area contributed by atoms with Gasteiger partial charge in [-0.15, -0.1) is 11.3 Å². The molecular formula is C15H18N4O4S. The molecule has 0 aliphatic heterocycles. The van der Waals surface area contributed by atoms with E-state index in [-0.39, 0.29) is 6.61 Å². The molecule has 0 saturated heterocycles. The van der Waals surface area contributed by atoms with Crippen molar-refractivity contribution in [3.05, 3.63) is 16.8 Å². The molecule has 0 unspecified atom stereocenters. The van der Waals surface area contributed by atoms with Crippen molar-refractivity contribution >= 4 is 33.5 Å². The molecule has 2 heterocycles. The minimum Gasteiger partial charge on any atom is -0.467 e. The maximum atomic E-state index is 11.8. The Morgan fingerprint density at radius 1 is 1.33 bits per heavy atom. The fourth-order valence-corrected chi connectivity index (χ4v) is 3.84. The molecule has 2 N–H and O–H groups in total. The van der Waals surface area contributed by atoms with E-state index in [1.807, 2.05) is 0 Å². The number of methoxy groups -OCH3 is 1. The molecule has 1 aliphatic rings. The van der Waals surface area contributed by atoms with Crippen LogP contribution >= 0.6 is 11.3 Å². The van der Waals surface area contributed by atoms with Crippen LogP contribution in [0.1, 0.15) is 16.9 Å². The minimum atomic E-state index is -0.579. The van der Waals surface area contributed by atoms with E-state index in [0.29, 0.717) is 19.0 Å². The van der Waals surface area contributed by atoms with Crippen LogP contribution in [0.25, 0.3) is 10.2 Å². The zero-order chi connectivity index (χ0) is 16.9. The topological polar surface area (TPSA) is 102 Å². The third-order valence-corrected chi connectivity index (χ3v) is 4.85. The predicted molar refractivity (Wildman–Crippen MR) is 88.4 cm³/mol. The van der Waals surface area contributed by atoms with Crippen molar-refractivity contribution in [2.45, 2.75) is 19.3 Å². The third-order valence-electron chi connectivity index (χ3n) is 3.65. The number of ether oxygens (including phenoxy) is 2. The Morgan fingerprint density at radius 3 is 3.04 bits per heavy atom. The van der Waals surface area contributed by atoms with Crippen molar-refractivity contribution in [1.29, 1.82) is 0 Å². The molecule has 9 heteroatoms. The summed E-state index contributed by atoms with van der Waals surface area (Å²) in [5, 5.41) is 5.59. The van der Waals surface area contributed by atoms with E-state index in [1.165, 1.54) is 23.9 Å². The second-order valence-electron chi connectivity index (χ2n) is 5.30. The highest BCUT2D eigenvalue weighted by Crippen LogP contribution is 2.39. The summed E-state index contributed by atoms with van der Waals surface area (Å²) >= 11 is 1.65. The number of hydrogen-bond donors (Lipinski definition) is 2. The van der Waals surface area contributed by atoms with Gasteiger partial charge in [0, 0.05) is 18.5 Å². The van der Waals surface area contributed by atoms with E-state index in [0.717, 1.165) is 29.5 Å². The molecule has 3 rings (SSSR count). The van der Waals surface area contributed by atoms with Gasteiger partial charge in [0.05, 0.1) is 12.0 Å².